The Kier molecular flexibility index (Phi) is 4.71. The molecule has 0 aliphatic heterocycles. The maximum Gasteiger partial charge on any atom is 0.227 e. The van der Waals surface area contributed by atoms with Crippen LogP contribution in [0.25, 0.3) is 16.5 Å². The van der Waals surface area contributed by atoms with E-state index in [0.29, 0.717) is 13.0 Å². The van der Waals surface area contributed by atoms with E-state index < -0.39 is 0 Å². The van der Waals surface area contributed by atoms with Gasteiger partial charge in [0.2, 0.25) is 5.91 Å². The van der Waals surface area contributed by atoms with Crippen LogP contribution in [0.2, 0.25) is 0 Å². The molecule has 0 fully saturated rings. The first-order chi connectivity index (χ1) is 13.2. The first kappa shape index (κ1) is 17.0. The van der Waals surface area contributed by atoms with Crippen molar-refractivity contribution < 1.29 is 4.79 Å². The van der Waals surface area contributed by atoms with Crippen molar-refractivity contribution in [1.82, 2.24) is 14.7 Å². The lowest BCUT2D eigenvalue weighted by molar-refractivity contribution is -0.129. The number of carbonyl (C=O) groups is 1. The summed E-state index contributed by atoms with van der Waals surface area (Å²) in [6, 6.07) is 24.3. The van der Waals surface area contributed by atoms with Gasteiger partial charge in [-0.1, -0.05) is 60.7 Å². The summed E-state index contributed by atoms with van der Waals surface area (Å²) in [5.74, 6) is 0.0951. The monoisotopic (exact) mass is 355 g/mol. The van der Waals surface area contributed by atoms with Crippen LogP contribution in [-0.4, -0.2) is 27.6 Å². The van der Waals surface area contributed by atoms with Crippen LogP contribution in [0.1, 0.15) is 11.1 Å². The molecule has 0 bridgehead atoms. The molecule has 1 amide bonds. The minimum Gasteiger partial charge on any atom is -0.341 e. The summed E-state index contributed by atoms with van der Waals surface area (Å²) in [4.78, 5) is 14.4. The number of benzene rings is 3. The molecule has 0 saturated carbocycles. The molecule has 27 heavy (non-hydrogen) atoms. The number of para-hydroxylation sites is 1. The van der Waals surface area contributed by atoms with E-state index in [9.17, 15) is 4.79 Å². The second kappa shape index (κ2) is 7.46. The van der Waals surface area contributed by atoms with Crippen molar-refractivity contribution in [2.24, 2.45) is 0 Å². The highest BCUT2D eigenvalue weighted by molar-refractivity contribution is 5.85. The SMILES string of the molecule is CN(Cc1cnn(-c2ccccc2)c1)C(=O)Cc1ccc2ccccc2c1. The van der Waals surface area contributed by atoms with Gasteiger partial charge in [0.15, 0.2) is 0 Å². The summed E-state index contributed by atoms with van der Waals surface area (Å²) in [5.41, 5.74) is 3.05. The van der Waals surface area contributed by atoms with E-state index in [1.165, 1.54) is 5.39 Å². The zero-order valence-electron chi connectivity index (χ0n) is 15.2. The first-order valence-corrected chi connectivity index (χ1v) is 9.00. The smallest absolute Gasteiger partial charge is 0.227 e. The van der Waals surface area contributed by atoms with E-state index in [1.807, 2.05) is 72.7 Å². The van der Waals surface area contributed by atoms with Gasteiger partial charge >= 0.3 is 0 Å². The standard InChI is InChI=1S/C23H21N3O/c1-25(16-19-15-24-26(17-19)22-9-3-2-4-10-22)23(27)14-18-11-12-20-7-5-6-8-21(20)13-18/h2-13,15,17H,14,16H2,1H3. The summed E-state index contributed by atoms with van der Waals surface area (Å²) in [6.45, 7) is 0.541. The van der Waals surface area contributed by atoms with Crippen LogP contribution in [0.5, 0.6) is 0 Å². The lowest BCUT2D eigenvalue weighted by Crippen LogP contribution is -2.27. The van der Waals surface area contributed by atoms with Gasteiger partial charge in [-0.15, -0.1) is 0 Å². The Morgan fingerprint density at radius 3 is 2.48 bits per heavy atom. The Morgan fingerprint density at radius 1 is 0.926 bits per heavy atom. The predicted octanol–water partition coefficient (Wildman–Crippen LogP) is 4.23. The van der Waals surface area contributed by atoms with Crippen molar-refractivity contribution >= 4 is 16.7 Å². The third-order valence-corrected chi connectivity index (χ3v) is 4.67. The summed E-state index contributed by atoms with van der Waals surface area (Å²) in [5, 5.41) is 6.75. The molecule has 0 N–H and O–H groups in total. The number of amides is 1. The number of fused-ring (bicyclic) bond motifs is 1. The van der Waals surface area contributed by atoms with Gasteiger partial charge in [0.05, 0.1) is 18.3 Å². The van der Waals surface area contributed by atoms with Crippen molar-refractivity contribution in [3.05, 3.63) is 96.3 Å². The average molecular weight is 355 g/mol. The van der Waals surface area contributed by atoms with Gasteiger partial charge in [-0.3, -0.25) is 4.79 Å². The Bertz CT molecular complexity index is 1070. The van der Waals surface area contributed by atoms with Gasteiger partial charge in [0.25, 0.3) is 0 Å². The zero-order valence-corrected chi connectivity index (χ0v) is 15.2. The fourth-order valence-electron chi connectivity index (χ4n) is 3.18. The lowest BCUT2D eigenvalue weighted by Gasteiger charge is -2.16. The van der Waals surface area contributed by atoms with E-state index in [-0.39, 0.29) is 5.91 Å². The Hall–Kier alpha value is -3.40. The molecule has 1 heterocycles. The molecule has 4 rings (SSSR count). The Labute approximate surface area is 158 Å². The second-order valence-corrected chi connectivity index (χ2v) is 6.74. The normalized spacial score (nSPS) is 10.9. The molecule has 4 heteroatoms. The highest BCUT2D eigenvalue weighted by atomic mass is 16.2. The maximum absolute atomic E-state index is 12.6. The summed E-state index contributed by atoms with van der Waals surface area (Å²) < 4.78 is 1.83. The quantitative estimate of drug-likeness (QED) is 0.537. The Balaban J connectivity index is 1.42. The van der Waals surface area contributed by atoms with Gasteiger partial charge in [0, 0.05) is 25.4 Å². The number of hydrogen-bond acceptors (Lipinski definition) is 2. The third kappa shape index (κ3) is 3.90. The summed E-state index contributed by atoms with van der Waals surface area (Å²) >= 11 is 0. The summed E-state index contributed by atoms with van der Waals surface area (Å²) in [7, 11) is 1.84. The molecule has 4 aromatic rings. The van der Waals surface area contributed by atoms with Gasteiger partial charge in [0.1, 0.15) is 0 Å². The van der Waals surface area contributed by atoms with Crippen LogP contribution < -0.4 is 0 Å². The minimum atomic E-state index is 0.0951. The summed E-state index contributed by atoms with van der Waals surface area (Å²) in [6.07, 6.45) is 4.18. The van der Waals surface area contributed by atoms with Crippen LogP contribution in [0, 0.1) is 0 Å². The van der Waals surface area contributed by atoms with Crippen molar-refractivity contribution in [3.63, 3.8) is 0 Å². The number of likely N-dealkylation sites (N-methyl/N-ethyl adjacent to an activating group) is 1. The highest BCUT2D eigenvalue weighted by Crippen LogP contribution is 2.17. The molecule has 1 aromatic heterocycles. The minimum absolute atomic E-state index is 0.0951. The van der Waals surface area contributed by atoms with Gasteiger partial charge in [-0.25, -0.2) is 4.68 Å². The molecule has 0 saturated heterocycles. The number of hydrogen-bond donors (Lipinski definition) is 0. The average Bonchev–Trinajstić information content (AvgIpc) is 3.17. The highest BCUT2D eigenvalue weighted by Gasteiger charge is 2.12. The van der Waals surface area contributed by atoms with Crippen molar-refractivity contribution in [2.45, 2.75) is 13.0 Å². The molecule has 0 aliphatic rings. The third-order valence-electron chi connectivity index (χ3n) is 4.67. The van der Waals surface area contributed by atoms with E-state index in [4.69, 9.17) is 0 Å². The van der Waals surface area contributed by atoms with Crippen LogP contribution >= 0.6 is 0 Å². The first-order valence-electron chi connectivity index (χ1n) is 9.00. The number of carbonyl (C=O) groups excluding carboxylic acids is 1. The molecule has 134 valence electrons. The predicted molar refractivity (Wildman–Crippen MR) is 108 cm³/mol. The molecule has 0 aliphatic carbocycles. The van der Waals surface area contributed by atoms with Crippen LogP contribution in [0.4, 0.5) is 0 Å². The number of nitrogens with zero attached hydrogens (tertiary/aromatic N) is 3. The molecule has 4 nitrogen and oxygen atoms in total. The van der Waals surface area contributed by atoms with Gasteiger partial charge in [-0.2, -0.15) is 5.10 Å². The fraction of sp³-hybridized carbons (Fsp3) is 0.130. The topological polar surface area (TPSA) is 38.1 Å². The van der Waals surface area contributed by atoms with E-state index in [2.05, 4.69) is 29.4 Å². The van der Waals surface area contributed by atoms with Crippen LogP contribution in [-0.2, 0) is 17.8 Å². The number of aromatic nitrogens is 2. The van der Waals surface area contributed by atoms with E-state index >= 15 is 0 Å². The Morgan fingerprint density at radius 2 is 1.67 bits per heavy atom. The van der Waals surface area contributed by atoms with Crippen molar-refractivity contribution in [2.75, 3.05) is 7.05 Å². The molecule has 0 atom stereocenters. The number of rotatable bonds is 5. The van der Waals surface area contributed by atoms with E-state index in [0.717, 1.165) is 22.2 Å². The molecule has 0 spiro atoms. The van der Waals surface area contributed by atoms with Crippen LogP contribution in [0.15, 0.2) is 85.2 Å². The van der Waals surface area contributed by atoms with Crippen molar-refractivity contribution in [1.29, 1.82) is 0 Å². The lowest BCUT2D eigenvalue weighted by atomic mass is 10.0. The van der Waals surface area contributed by atoms with Gasteiger partial charge in [-0.05, 0) is 28.5 Å². The van der Waals surface area contributed by atoms with Crippen molar-refractivity contribution in [3.8, 4) is 5.69 Å². The molecular formula is C23H21N3O. The maximum atomic E-state index is 12.6. The largest absolute Gasteiger partial charge is 0.341 e. The van der Waals surface area contributed by atoms with Gasteiger partial charge < -0.3 is 4.90 Å². The second-order valence-electron chi connectivity index (χ2n) is 6.74. The fourth-order valence-corrected chi connectivity index (χ4v) is 3.18. The molecular weight excluding hydrogens is 334 g/mol. The zero-order chi connectivity index (χ0) is 18.6. The van der Waals surface area contributed by atoms with E-state index in [1.54, 1.807) is 4.90 Å². The molecule has 0 radical (unpaired) electrons. The molecule has 0 unspecified atom stereocenters. The molecule has 3 aromatic carbocycles. The van der Waals surface area contributed by atoms with Crippen LogP contribution in [0.3, 0.4) is 0 Å².